The lowest BCUT2D eigenvalue weighted by Gasteiger charge is -2.26. The van der Waals surface area contributed by atoms with E-state index >= 15 is 0 Å². The summed E-state index contributed by atoms with van der Waals surface area (Å²) in [5, 5.41) is 16.3. The Kier molecular flexibility index (Phi) is 6.82. The van der Waals surface area contributed by atoms with Gasteiger partial charge in [-0.1, -0.05) is 49.9 Å². The standard InChI is InChI=1S/C17H20ClN3OS/c1-2-3-4-5-9-23-16-14(11-19)15(20-17(22)21-16)12-7-6-8-13(18)10-12/h6-8,10,15H,2-5,9H2,1H3,(H2,20,21,22). The fourth-order valence-electron chi connectivity index (χ4n) is 2.41. The van der Waals surface area contributed by atoms with Crippen LogP contribution in [-0.2, 0) is 0 Å². The van der Waals surface area contributed by atoms with Crippen LogP contribution in [0.15, 0.2) is 34.9 Å². The first-order chi connectivity index (χ1) is 11.2. The van der Waals surface area contributed by atoms with Gasteiger partial charge in [0.15, 0.2) is 0 Å². The van der Waals surface area contributed by atoms with Crippen LogP contribution in [0, 0.1) is 11.3 Å². The number of rotatable bonds is 7. The van der Waals surface area contributed by atoms with Gasteiger partial charge in [0.05, 0.1) is 16.6 Å². The molecule has 1 atom stereocenters. The van der Waals surface area contributed by atoms with E-state index in [0.29, 0.717) is 15.6 Å². The zero-order chi connectivity index (χ0) is 16.7. The van der Waals surface area contributed by atoms with Gasteiger partial charge < -0.3 is 10.6 Å². The van der Waals surface area contributed by atoms with Crippen LogP contribution in [-0.4, -0.2) is 11.8 Å². The summed E-state index contributed by atoms with van der Waals surface area (Å²) in [4.78, 5) is 11.9. The molecule has 0 aromatic heterocycles. The van der Waals surface area contributed by atoms with Crippen molar-refractivity contribution >= 4 is 29.4 Å². The summed E-state index contributed by atoms with van der Waals surface area (Å²) in [5.74, 6) is 0.892. The molecule has 1 aromatic carbocycles. The Morgan fingerprint density at radius 1 is 1.35 bits per heavy atom. The number of benzene rings is 1. The number of carbonyl (C=O) groups is 1. The third-order valence-corrected chi connectivity index (χ3v) is 4.92. The largest absolute Gasteiger partial charge is 0.326 e. The molecule has 0 bridgehead atoms. The Morgan fingerprint density at radius 2 is 2.17 bits per heavy atom. The molecule has 4 nitrogen and oxygen atoms in total. The third-order valence-electron chi connectivity index (χ3n) is 3.58. The lowest BCUT2D eigenvalue weighted by Crippen LogP contribution is -2.43. The average Bonchev–Trinajstić information content (AvgIpc) is 2.54. The van der Waals surface area contributed by atoms with E-state index in [4.69, 9.17) is 11.6 Å². The highest BCUT2D eigenvalue weighted by Crippen LogP contribution is 2.32. The summed E-state index contributed by atoms with van der Waals surface area (Å²) in [5.41, 5.74) is 1.35. The van der Waals surface area contributed by atoms with Gasteiger partial charge in [0, 0.05) is 5.02 Å². The van der Waals surface area contributed by atoms with Crippen molar-refractivity contribution in [2.75, 3.05) is 5.75 Å². The van der Waals surface area contributed by atoms with Gasteiger partial charge in [-0.25, -0.2) is 4.79 Å². The molecule has 0 saturated carbocycles. The van der Waals surface area contributed by atoms with E-state index in [1.165, 1.54) is 31.0 Å². The number of thioether (sulfide) groups is 1. The van der Waals surface area contributed by atoms with Crippen molar-refractivity contribution in [1.29, 1.82) is 5.26 Å². The predicted octanol–water partition coefficient (Wildman–Crippen LogP) is 4.74. The summed E-state index contributed by atoms with van der Waals surface area (Å²) in [6.45, 7) is 2.17. The molecule has 122 valence electrons. The molecule has 1 heterocycles. The van der Waals surface area contributed by atoms with Gasteiger partial charge in [-0.2, -0.15) is 5.26 Å². The van der Waals surface area contributed by atoms with Crippen molar-refractivity contribution in [3.8, 4) is 6.07 Å². The maximum atomic E-state index is 11.9. The number of nitriles is 1. The van der Waals surface area contributed by atoms with Crippen LogP contribution in [0.1, 0.15) is 44.2 Å². The van der Waals surface area contributed by atoms with E-state index in [-0.39, 0.29) is 6.03 Å². The average molecular weight is 350 g/mol. The number of nitrogens with one attached hydrogen (secondary N) is 2. The summed E-state index contributed by atoms with van der Waals surface area (Å²) in [6, 6.07) is 8.72. The molecule has 0 radical (unpaired) electrons. The maximum Gasteiger partial charge on any atom is 0.320 e. The Balaban J connectivity index is 2.16. The second-order valence-electron chi connectivity index (χ2n) is 5.35. The van der Waals surface area contributed by atoms with Crippen molar-refractivity contribution < 1.29 is 4.79 Å². The maximum absolute atomic E-state index is 11.9. The minimum absolute atomic E-state index is 0.287. The number of nitrogens with zero attached hydrogens (tertiary/aromatic N) is 1. The summed E-state index contributed by atoms with van der Waals surface area (Å²) < 4.78 is 0. The number of urea groups is 1. The minimum Gasteiger partial charge on any atom is -0.326 e. The molecule has 6 heteroatoms. The van der Waals surface area contributed by atoms with Crippen LogP contribution < -0.4 is 10.6 Å². The first-order valence-corrected chi connectivity index (χ1v) is 9.12. The van der Waals surface area contributed by atoms with Crippen LogP contribution in [0.2, 0.25) is 5.02 Å². The third kappa shape index (κ3) is 4.92. The number of hydrogen-bond donors (Lipinski definition) is 2. The molecular formula is C17H20ClN3OS. The number of amides is 2. The summed E-state index contributed by atoms with van der Waals surface area (Å²) >= 11 is 7.57. The van der Waals surface area contributed by atoms with Crippen LogP contribution >= 0.6 is 23.4 Å². The molecule has 1 unspecified atom stereocenters. The van der Waals surface area contributed by atoms with E-state index in [9.17, 15) is 10.1 Å². The normalized spacial score (nSPS) is 17.4. The van der Waals surface area contributed by atoms with Crippen molar-refractivity contribution in [1.82, 2.24) is 10.6 Å². The van der Waals surface area contributed by atoms with Crippen LogP contribution in [0.5, 0.6) is 0 Å². The summed E-state index contributed by atoms with van der Waals surface area (Å²) in [6.07, 6.45) is 4.65. The lowest BCUT2D eigenvalue weighted by atomic mass is 9.99. The van der Waals surface area contributed by atoms with Gasteiger partial charge in [-0.05, 0) is 29.9 Å². The zero-order valence-corrected chi connectivity index (χ0v) is 14.6. The van der Waals surface area contributed by atoms with Crippen LogP contribution in [0.3, 0.4) is 0 Å². The van der Waals surface area contributed by atoms with Gasteiger partial charge >= 0.3 is 6.03 Å². The number of halogens is 1. The molecule has 0 fully saturated rings. The molecule has 0 saturated heterocycles. The summed E-state index contributed by atoms with van der Waals surface area (Å²) in [7, 11) is 0. The molecule has 0 spiro atoms. The van der Waals surface area contributed by atoms with Crippen molar-refractivity contribution in [2.24, 2.45) is 0 Å². The van der Waals surface area contributed by atoms with Crippen LogP contribution in [0.25, 0.3) is 0 Å². The van der Waals surface area contributed by atoms with E-state index < -0.39 is 6.04 Å². The highest BCUT2D eigenvalue weighted by molar-refractivity contribution is 8.03. The minimum atomic E-state index is -0.453. The lowest BCUT2D eigenvalue weighted by molar-refractivity contribution is 0.240. The van der Waals surface area contributed by atoms with Gasteiger partial charge in [0.1, 0.15) is 6.07 Å². The van der Waals surface area contributed by atoms with E-state index in [0.717, 1.165) is 17.7 Å². The molecule has 0 aliphatic carbocycles. The van der Waals surface area contributed by atoms with Crippen molar-refractivity contribution in [2.45, 2.75) is 38.6 Å². The first-order valence-electron chi connectivity index (χ1n) is 7.75. The fraction of sp³-hybridized carbons (Fsp3) is 0.412. The second kappa shape index (κ2) is 8.85. The number of hydrogen-bond acceptors (Lipinski definition) is 3. The van der Waals surface area contributed by atoms with Gasteiger partial charge in [0.2, 0.25) is 0 Å². The molecule has 1 aliphatic rings. The van der Waals surface area contributed by atoms with E-state index in [1.54, 1.807) is 12.1 Å². The Bertz CT molecular complexity index is 639. The second-order valence-corrected chi connectivity index (χ2v) is 6.89. The Labute approximate surface area is 146 Å². The number of carbonyl (C=O) groups excluding carboxylic acids is 1. The van der Waals surface area contributed by atoms with Gasteiger partial charge in [-0.15, -0.1) is 11.8 Å². The Morgan fingerprint density at radius 3 is 2.87 bits per heavy atom. The molecule has 23 heavy (non-hydrogen) atoms. The highest BCUT2D eigenvalue weighted by Gasteiger charge is 2.28. The van der Waals surface area contributed by atoms with Gasteiger partial charge in [0.25, 0.3) is 0 Å². The Hall–Kier alpha value is -1.64. The van der Waals surface area contributed by atoms with E-state index in [2.05, 4.69) is 23.6 Å². The molecule has 1 aliphatic heterocycles. The SMILES string of the molecule is CCCCCCSC1=C(C#N)C(c2cccc(Cl)c2)NC(=O)N1. The number of unbranched alkanes of at least 4 members (excludes halogenated alkanes) is 3. The van der Waals surface area contributed by atoms with E-state index in [1.807, 2.05) is 12.1 Å². The highest BCUT2D eigenvalue weighted by atomic mass is 35.5. The van der Waals surface area contributed by atoms with Crippen molar-refractivity contribution in [3.05, 3.63) is 45.5 Å². The zero-order valence-electron chi connectivity index (χ0n) is 13.1. The monoisotopic (exact) mass is 349 g/mol. The topological polar surface area (TPSA) is 64.9 Å². The smallest absolute Gasteiger partial charge is 0.320 e. The molecule has 2 rings (SSSR count). The molecule has 2 N–H and O–H groups in total. The van der Waals surface area contributed by atoms with Crippen molar-refractivity contribution in [3.63, 3.8) is 0 Å². The molecular weight excluding hydrogens is 330 g/mol. The van der Waals surface area contributed by atoms with Crippen LogP contribution in [0.4, 0.5) is 4.79 Å². The quantitative estimate of drug-likeness (QED) is 0.698. The first kappa shape index (κ1) is 17.7. The van der Waals surface area contributed by atoms with Gasteiger partial charge in [-0.3, -0.25) is 0 Å². The molecule has 1 aromatic rings. The predicted molar refractivity (Wildman–Crippen MR) is 95.1 cm³/mol. The molecule has 2 amide bonds. The fourth-order valence-corrected chi connectivity index (χ4v) is 3.64.